The largest absolute Gasteiger partial charge is 0.307 e. The summed E-state index contributed by atoms with van der Waals surface area (Å²) in [6.45, 7) is 9.72. The van der Waals surface area contributed by atoms with Crippen molar-refractivity contribution >= 4 is 76.1 Å². The molecule has 3 aromatic heterocycles. The van der Waals surface area contributed by atoms with E-state index < -0.39 is 0 Å². The minimum Gasteiger partial charge on any atom is -0.307 e. The first-order chi connectivity index (χ1) is 28.3. The van der Waals surface area contributed by atoms with Gasteiger partial charge in [0.15, 0.2) is 0 Å². The van der Waals surface area contributed by atoms with Gasteiger partial charge in [-0.3, -0.25) is 4.57 Å². The van der Waals surface area contributed by atoms with Crippen LogP contribution in [0.1, 0.15) is 51.7 Å². The molecule has 3 heterocycles. The van der Waals surface area contributed by atoms with Crippen LogP contribution in [0.3, 0.4) is 0 Å². The van der Waals surface area contributed by atoms with Crippen molar-refractivity contribution in [2.45, 2.75) is 51.4 Å². The van der Waals surface area contributed by atoms with Gasteiger partial charge in [-0.2, -0.15) is 0 Å². The van der Waals surface area contributed by atoms with Crippen molar-refractivity contribution in [1.29, 1.82) is 0 Å². The molecule has 0 amide bonds. The van der Waals surface area contributed by atoms with Crippen LogP contribution in [0, 0.1) is 0 Å². The van der Waals surface area contributed by atoms with Crippen LogP contribution in [0.2, 0.25) is 0 Å². The summed E-state index contributed by atoms with van der Waals surface area (Å²) < 4.78 is 4.91. The molecule has 8 aromatic carbocycles. The Morgan fingerprint density at radius 1 is 0.448 bits per heavy atom. The predicted molar refractivity (Wildman–Crippen MR) is 244 cm³/mol. The van der Waals surface area contributed by atoms with Crippen molar-refractivity contribution in [3.05, 3.63) is 169 Å². The second-order valence-electron chi connectivity index (χ2n) is 17.6. The van der Waals surface area contributed by atoms with E-state index in [4.69, 9.17) is 9.97 Å². The predicted octanol–water partition coefficient (Wildman–Crippen LogP) is 14.1. The zero-order valence-corrected chi connectivity index (χ0v) is 33.2. The molecule has 0 unspecified atom stereocenters. The van der Waals surface area contributed by atoms with E-state index in [-0.39, 0.29) is 10.8 Å². The fourth-order valence-corrected chi connectivity index (χ4v) is 10.4. The van der Waals surface area contributed by atoms with Crippen LogP contribution in [0.15, 0.2) is 158 Å². The Bertz CT molecular complexity index is 3500. The standard InChI is InChI=1S/C54H42N4/c1-53(2)29-30-54(3,4)43-32-46-41(31-42(43)53)48-37-23-11-10-22-36(37)47-40-25-13-15-28-45(40)58(51(47)50(48)57(46)34-19-6-5-7-20-34)52-55-44-27-14-12-24-39(44)49(56-52)38-26-16-18-33-17-8-9-21-35(33)38/h5-28,31-32H,29-30H2,1-4H3. The third-order valence-electron chi connectivity index (χ3n) is 13.4. The Hall–Kier alpha value is -6.78. The topological polar surface area (TPSA) is 35.6 Å². The molecule has 4 nitrogen and oxygen atoms in total. The lowest BCUT2D eigenvalue weighted by Crippen LogP contribution is -2.33. The molecule has 0 bridgehead atoms. The summed E-state index contributed by atoms with van der Waals surface area (Å²) in [5, 5.41) is 10.9. The Kier molecular flexibility index (Phi) is 6.83. The first-order valence-electron chi connectivity index (χ1n) is 20.6. The summed E-state index contributed by atoms with van der Waals surface area (Å²) >= 11 is 0. The highest BCUT2D eigenvalue weighted by Crippen LogP contribution is 2.51. The van der Waals surface area contributed by atoms with Crippen LogP contribution in [0.5, 0.6) is 0 Å². The molecule has 0 fully saturated rings. The van der Waals surface area contributed by atoms with Gasteiger partial charge in [-0.15, -0.1) is 0 Å². The van der Waals surface area contributed by atoms with Crippen molar-refractivity contribution < 1.29 is 0 Å². The number of fused-ring (bicyclic) bond motifs is 13. The van der Waals surface area contributed by atoms with Gasteiger partial charge in [0.05, 0.1) is 33.3 Å². The van der Waals surface area contributed by atoms with E-state index in [1.54, 1.807) is 0 Å². The third kappa shape index (κ3) is 4.57. The molecule has 0 N–H and O–H groups in total. The quantitative estimate of drug-likeness (QED) is 0.180. The maximum atomic E-state index is 5.65. The molecule has 4 heteroatoms. The van der Waals surface area contributed by atoms with Gasteiger partial charge < -0.3 is 4.57 Å². The number of hydrogen-bond acceptors (Lipinski definition) is 2. The SMILES string of the molecule is CC1(C)CCC(C)(C)c2cc3c(cc21)c1c2ccccc2c2c4ccccc4n(-c4nc(-c5cccc6ccccc56)c5ccccc5n4)c2c1n3-c1ccccc1. The Labute approximate surface area is 337 Å². The molecular formula is C54H42N4. The van der Waals surface area contributed by atoms with Gasteiger partial charge >= 0.3 is 0 Å². The lowest BCUT2D eigenvalue weighted by Gasteiger charge is -2.42. The first-order valence-corrected chi connectivity index (χ1v) is 20.6. The summed E-state index contributed by atoms with van der Waals surface area (Å²) in [6, 6.07) is 57.5. The Morgan fingerprint density at radius 2 is 1.02 bits per heavy atom. The highest BCUT2D eigenvalue weighted by Gasteiger charge is 2.38. The molecule has 278 valence electrons. The van der Waals surface area contributed by atoms with Crippen LogP contribution in [0.4, 0.5) is 0 Å². The molecule has 58 heavy (non-hydrogen) atoms. The van der Waals surface area contributed by atoms with Crippen molar-refractivity contribution in [2.24, 2.45) is 0 Å². The van der Waals surface area contributed by atoms with E-state index in [0.29, 0.717) is 5.95 Å². The monoisotopic (exact) mass is 746 g/mol. The Balaban J connectivity index is 1.33. The minimum absolute atomic E-state index is 0.0558. The molecule has 0 radical (unpaired) electrons. The maximum Gasteiger partial charge on any atom is 0.235 e. The molecule has 0 saturated carbocycles. The van der Waals surface area contributed by atoms with E-state index in [1.165, 1.54) is 65.3 Å². The fraction of sp³-hybridized carbons (Fsp3) is 0.148. The van der Waals surface area contributed by atoms with Crippen LogP contribution in [0.25, 0.3) is 99.0 Å². The van der Waals surface area contributed by atoms with E-state index in [0.717, 1.165) is 51.7 Å². The molecule has 0 atom stereocenters. The normalized spacial score (nSPS) is 15.0. The molecule has 1 aliphatic carbocycles. The number of hydrogen-bond donors (Lipinski definition) is 0. The van der Waals surface area contributed by atoms with Crippen LogP contribution in [-0.2, 0) is 10.8 Å². The average molecular weight is 747 g/mol. The molecule has 11 aromatic rings. The second kappa shape index (κ2) is 11.9. The first kappa shape index (κ1) is 33.4. The van der Waals surface area contributed by atoms with Gasteiger partial charge in [-0.05, 0) is 92.7 Å². The van der Waals surface area contributed by atoms with E-state index in [9.17, 15) is 0 Å². The van der Waals surface area contributed by atoms with E-state index in [1.807, 2.05) is 0 Å². The second-order valence-corrected chi connectivity index (χ2v) is 17.6. The number of benzene rings is 8. The van der Waals surface area contributed by atoms with Gasteiger partial charge in [0.1, 0.15) is 0 Å². The number of para-hydroxylation sites is 3. The zero-order chi connectivity index (χ0) is 38.9. The van der Waals surface area contributed by atoms with Gasteiger partial charge in [0, 0.05) is 38.2 Å². The van der Waals surface area contributed by atoms with Gasteiger partial charge in [-0.25, -0.2) is 9.97 Å². The lowest BCUT2D eigenvalue weighted by atomic mass is 9.63. The third-order valence-corrected chi connectivity index (χ3v) is 13.4. The highest BCUT2D eigenvalue weighted by molar-refractivity contribution is 6.36. The summed E-state index contributed by atoms with van der Waals surface area (Å²) in [5.41, 5.74) is 11.7. The zero-order valence-electron chi connectivity index (χ0n) is 33.2. The van der Waals surface area contributed by atoms with E-state index in [2.05, 4.69) is 195 Å². The van der Waals surface area contributed by atoms with Crippen molar-refractivity contribution in [3.8, 4) is 22.9 Å². The van der Waals surface area contributed by atoms with Crippen molar-refractivity contribution in [3.63, 3.8) is 0 Å². The van der Waals surface area contributed by atoms with Crippen LogP contribution >= 0.6 is 0 Å². The van der Waals surface area contributed by atoms with Gasteiger partial charge in [0.2, 0.25) is 5.95 Å². The number of rotatable bonds is 3. The molecule has 0 spiro atoms. The smallest absolute Gasteiger partial charge is 0.235 e. The van der Waals surface area contributed by atoms with Crippen molar-refractivity contribution in [2.75, 3.05) is 0 Å². The summed E-state index contributed by atoms with van der Waals surface area (Å²) in [6.07, 6.45) is 2.32. The molecular weight excluding hydrogens is 705 g/mol. The summed E-state index contributed by atoms with van der Waals surface area (Å²) in [7, 11) is 0. The maximum absolute atomic E-state index is 5.65. The Morgan fingerprint density at radius 3 is 1.78 bits per heavy atom. The summed E-state index contributed by atoms with van der Waals surface area (Å²) in [5.74, 6) is 0.663. The minimum atomic E-state index is 0.0558. The average Bonchev–Trinajstić information content (AvgIpc) is 3.78. The van der Waals surface area contributed by atoms with Gasteiger partial charge in [0.25, 0.3) is 0 Å². The fourth-order valence-electron chi connectivity index (χ4n) is 10.4. The van der Waals surface area contributed by atoms with E-state index >= 15 is 0 Å². The summed E-state index contributed by atoms with van der Waals surface area (Å²) in [4.78, 5) is 11.1. The number of aromatic nitrogens is 4. The number of nitrogens with zero attached hydrogens (tertiary/aromatic N) is 4. The molecule has 12 rings (SSSR count). The van der Waals surface area contributed by atoms with Crippen LogP contribution < -0.4 is 0 Å². The van der Waals surface area contributed by atoms with Gasteiger partial charge in [-0.1, -0.05) is 149 Å². The lowest BCUT2D eigenvalue weighted by molar-refractivity contribution is 0.332. The highest BCUT2D eigenvalue weighted by atomic mass is 15.2. The molecule has 0 saturated heterocycles. The van der Waals surface area contributed by atoms with Crippen molar-refractivity contribution in [1.82, 2.24) is 19.1 Å². The van der Waals surface area contributed by atoms with Crippen LogP contribution in [-0.4, -0.2) is 19.1 Å². The molecule has 0 aliphatic heterocycles. The molecule has 1 aliphatic rings.